The normalized spacial score (nSPS) is 11.4. The van der Waals surface area contributed by atoms with Gasteiger partial charge >= 0.3 is 0 Å². The minimum atomic E-state index is 0.840. The van der Waals surface area contributed by atoms with Gasteiger partial charge in [-0.25, -0.2) is 0 Å². The van der Waals surface area contributed by atoms with Gasteiger partial charge in [0, 0.05) is 9.75 Å². The Hall–Kier alpha value is -0.300. The summed E-state index contributed by atoms with van der Waals surface area (Å²) >= 11 is 2.02. The van der Waals surface area contributed by atoms with Gasteiger partial charge in [-0.15, -0.1) is 11.3 Å². The van der Waals surface area contributed by atoms with Gasteiger partial charge in [-0.05, 0) is 37.8 Å². The number of hydrogen-bond donors (Lipinski definition) is 0. The fourth-order valence-corrected chi connectivity index (χ4v) is 3.78. The molecule has 0 saturated heterocycles. The molecule has 0 radical (unpaired) electrons. The summed E-state index contributed by atoms with van der Waals surface area (Å²) in [4.78, 5) is 3.12. The Morgan fingerprint density at radius 1 is 0.842 bits per heavy atom. The Balaban J connectivity index is 2.38. The van der Waals surface area contributed by atoms with Gasteiger partial charge in [-0.3, -0.25) is 0 Å². The summed E-state index contributed by atoms with van der Waals surface area (Å²) < 4.78 is 0. The van der Waals surface area contributed by atoms with Crippen LogP contribution in [0.1, 0.15) is 93.7 Å². The molecule has 0 nitrogen and oxygen atoms in total. The number of unbranched alkanes of at least 4 members (excludes halogenated alkanes) is 6. The van der Waals surface area contributed by atoms with Crippen LogP contribution in [0.15, 0.2) is 12.1 Å². The first kappa shape index (κ1) is 16.8. The van der Waals surface area contributed by atoms with Crippen molar-refractivity contribution < 1.29 is 0 Å². The first-order chi connectivity index (χ1) is 9.27. The van der Waals surface area contributed by atoms with Gasteiger partial charge in [0.15, 0.2) is 0 Å². The Labute approximate surface area is 124 Å². The van der Waals surface area contributed by atoms with Crippen LogP contribution in [0.3, 0.4) is 0 Å². The maximum absolute atomic E-state index is 2.38. The van der Waals surface area contributed by atoms with E-state index in [9.17, 15) is 0 Å². The van der Waals surface area contributed by atoms with Gasteiger partial charge in [0.05, 0.1) is 0 Å². The zero-order valence-electron chi connectivity index (χ0n) is 13.2. The van der Waals surface area contributed by atoms with Gasteiger partial charge in [-0.1, -0.05) is 65.2 Å². The monoisotopic (exact) mass is 280 g/mol. The third kappa shape index (κ3) is 7.15. The maximum atomic E-state index is 2.38. The van der Waals surface area contributed by atoms with E-state index in [0.717, 1.165) is 5.92 Å². The molecule has 0 saturated carbocycles. The van der Waals surface area contributed by atoms with E-state index >= 15 is 0 Å². The molecule has 0 aliphatic rings. The van der Waals surface area contributed by atoms with E-state index in [1.807, 2.05) is 11.3 Å². The summed E-state index contributed by atoms with van der Waals surface area (Å²) in [5.41, 5.74) is 0. The second-order valence-corrected chi connectivity index (χ2v) is 7.16. The zero-order chi connectivity index (χ0) is 13.9. The predicted octanol–water partition coefficient (Wildman–Crippen LogP) is 7.08. The van der Waals surface area contributed by atoms with E-state index in [0.29, 0.717) is 0 Å². The molecular formula is C18H32S. The van der Waals surface area contributed by atoms with Crippen molar-refractivity contribution in [3.63, 3.8) is 0 Å². The molecule has 1 aromatic heterocycles. The van der Waals surface area contributed by atoms with Crippen LogP contribution in [0.4, 0.5) is 0 Å². The van der Waals surface area contributed by atoms with Gasteiger partial charge in [-0.2, -0.15) is 0 Å². The minimum absolute atomic E-state index is 0.840. The topological polar surface area (TPSA) is 0 Å². The van der Waals surface area contributed by atoms with Gasteiger partial charge in [0.1, 0.15) is 0 Å². The molecule has 19 heavy (non-hydrogen) atoms. The summed E-state index contributed by atoms with van der Waals surface area (Å²) in [5, 5.41) is 0. The lowest BCUT2D eigenvalue weighted by Gasteiger charge is -2.15. The van der Waals surface area contributed by atoms with Crippen LogP contribution in [0, 0.1) is 6.92 Å². The second kappa shape index (κ2) is 10.5. The quantitative estimate of drug-likeness (QED) is 0.380. The maximum Gasteiger partial charge on any atom is 0.00790 e. The standard InChI is InChI=1S/C18H32S/c1-4-6-8-10-12-17(13-11-9-7-5-2)18-15-14-16(3)19-18/h14-15,17H,4-13H2,1-3H3. The summed E-state index contributed by atoms with van der Waals surface area (Å²) in [6.07, 6.45) is 14.0. The molecule has 0 aromatic carbocycles. The smallest absolute Gasteiger partial charge is 0.00790 e. The third-order valence-corrected chi connectivity index (χ3v) is 5.14. The van der Waals surface area contributed by atoms with Crippen LogP contribution in [0.25, 0.3) is 0 Å². The van der Waals surface area contributed by atoms with Crippen molar-refractivity contribution in [2.45, 2.75) is 90.9 Å². The van der Waals surface area contributed by atoms with Crippen LogP contribution in [-0.2, 0) is 0 Å². The summed E-state index contributed by atoms with van der Waals surface area (Å²) in [7, 11) is 0. The largest absolute Gasteiger partial charge is 0.145 e. The number of rotatable bonds is 11. The molecule has 0 spiro atoms. The van der Waals surface area contributed by atoms with Crippen LogP contribution in [-0.4, -0.2) is 0 Å². The average molecular weight is 281 g/mol. The van der Waals surface area contributed by atoms with Gasteiger partial charge in [0.2, 0.25) is 0 Å². The van der Waals surface area contributed by atoms with E-state index in [2.05, 4.69) is 32.9 Å². The lowest BCUT2D eigenvalue weighted by Crippen LogP contribution is -1.97. The van der Waals surface area contributed by atoms with E-state index in [4.69, 9.17) is 0 Å². The Bertz CT molecular complexity index is 301. The van der Waals surface area contributed by atoms with Crippen molar-refractivity contribution >= 4 is 11.3 Å². The van der Waals surface area contributed by atoms with E-state index in [1.54, 1.807) is 4.88 Å². The molecule has 0 aliphatic heterocycles. The van der Waals surface area contributed by atoms with Crippen molar-refractivity contribution in [1.29, 1.82) is 0 Å². The van der Waals surface area contributed by atoms with Gasteiger partial charge < -0.3 is 0 Å². The molecule has 0 atom stereocenters. The number of thiophene rings is 1. The fraction of sp³-hybridized carbons (Fsp3) is 0.778. The highest BCUT2D eigenvalue weighted by molar-refractivity contribution is 7.12. The average Bonchev–Trinajstić information content (AvgIpc) is 2.83. The third-order valence-electron chi connectivity index (χ3n) is 3.98. The molecule has 1 heterocycles. The molecule has 1 aromatic rings. The van der Waals surface area contributed by atoms with Crippen LogP contribution in [0.5, 0.6) is 0 Å². The first-order valence-electron chi connectivity index (χ1n) is 8.34. The van der Waals surface area contributed by atoms with Crippen molar-refractivity contribution in [3.05, 3.63) is 21.9 Å². The summed E-state index contributed by atoms with van der Waals surface area (Å²) in [5.74, 6) is 0.840. The van der Waals surface area contributed by atoms with E-state index in [1.165, 1.54) is 69.1 Å². The van der Waals surface area contributed by atoms with Gasteiger partial charge in [0.25, 0.3) is 0 Å². The van der Waals surface area contributed by atoms with Crippen molar-refractivity contribution in [2.75, 3.05) is 0 Å². The fourth-order valence-electron chi connectivity index (χ4n) is 2.74. The van der Waals surface area contributed by atoms with Crippen molar-refractivity contribution in [3.8, 4) is 0 Å². The van der Waals surface area contributed by atoms with Crippen LogP contribution in [0.2, 0.25) is 0 Å². The molecule has 0 fully saturated rings. The molecule has 0 aliphatic carbocycles. The lowest BCUT2D eigenvalue weighted by molar-refractivity contribution is 0.501. The van der Waals surface area contributed by atoms with E-state index in [-0.39, 0.29) is 0 Å². The molecule has 1 heteroatoms. The Morgan fingerprint density at radius 3 is 1.84 bits per heavy atom. The molecule has 110 valence electrons. The number of aryl methyl sites for hydroxylation is 1. The Morgan fingerprint density at radius 2 is 1.42 bits per heavy atom. The SMILES string of the molecule is CCCCCCC(CCCCCC)c1ccc(C)s1. The molecule has 0 bridgehead atoms. The lowest BCUT2D eigenvalue weighted by atomic mass is 9.93. The highest BCUT2D eigenvalue weighted by Gasteiger charge is 2.12. The highest BCUT2D eigenvalue weighted by atomic mass is 32.1. The molecule has 1 rings (SSSR count). The van der Waals surface area contributed by atoms with Crippen LogP contribution >= 0.6 is 11.3 Å². The predicted molar refractivity (Wildman–Crippen MR) is 89.3 cm³/mol. The molecule has 0 amide bonds. The molecule has 0 N–H and O–H groups in total. The Kier molecular flexibility index (Phi) is 9.24. The van der Waals surface area contributed by atoms with Crippen LogP contribution < -0.4 is 0 Å². The first-order valence-corrected chi connectivity index (χ1v) is 9.15. The number of hydrogen-bond acceptors (Lipinski definition) is 1. The molecule has 0 unspecified atom stereocenters. The van der Waals surface area contributed by atoms with Crippen molar-refractivity contribution in [2.24, 2.45) is 0 Å². The van der Waals surface area contributed by atoms with E-state index < -0.39 is 0 Å². The highest BCUT2D eigenvalue weighted by Crippen LogP contribution is 2.33. The second-order valence-electron chi connectivity index (χ2n) is 5.84. The van der Waals surface area contributed by atoms with Crippen molar-refractivity contribution in [1.82, 2.24) is 0 Å². The summed E-state index contributed by atoms with van der Waals surface area (Å²) in [6.45, 7) is 6.83. The molecular weight excluding hydrogens is 248 g/mol. The zero-order valence-corrected chi connectivity index (χ0v) is 14.0. The minimum Gasteiger partial charge on any atom is -0.145 e. The summed E-state index contributed by atoms with van der Waals surface area (Å²) in [6, 6.07) is 4.68.